The molecule has 31 heavy (non-hydrogen) atoms. The van der Waals surface area contributed by atoms with Crippen molar-refractivity contribution in [2.75, 3.05) is 12.9 Å². The number of thioether (sulfide) groups is 1. The first kappa shape index (κ1) is 21.2. The van der Waals surface area contributed by atoms with E-state index in [4.69, 9.17) is 4.74 Å². The van der Waals surface area contributed by atoms with E-state index in [-0.39, 0.29) is 23.4 Å². The summed E-state index contributed by atoms with van der Waals surface area (Å²) in [6, 6.07) is 17.8. The minimum absolute atomic E-state index is 0.00142. The van der Waals surface area contributed by atoms with Crippen LogP contribution >= 0.6 is 11.8 Å². The van der Waals surface area contributed by atoms with Gasteiger partial charge in [0.25, 0.3) is 0 Å². The number of hydrogen-bond donors (Lipinski definition) is 2. The summed E-state index contributed by atoms with van der Waals surface area (Å²) in [5, 5.41) is 10.3. The molecule has 1 aliphatic carbocycles. The van der Waals surface area contributed by atoms with E-state index in [1.807, 2.05) is 54.6 Å². The number of rotatable bonds is 10. The van der Waals surface area contributed by atoms with Crippen molar-refractivity contribution in [3.8, 4) is 5.75 Å². The van der Waals surface area contributed by atoms with Gasteiger partial charge in [-0.05, 0) is 48.4 Å². The quantitative estimate of drug-likeness (QED) is 0.475. The Morgan fingerprint density at radius 1 is 1.23 bits per heavy atom. The molecule has 1 heterocycles. The molecule has 7 nitrogen and oxygen atoms in total. The van der Waals surface area contributed by atoms with Crippen LogP contribution in [0.2, 0.25) is 0 Å². The van der Waals surface area contributed by atoms with Crippen molar-refractivity contribution in [1.82, 2.24) is 20.1 Å². The minimum Gasteiger partial charge on any atom is -0.497 e. The van der Waals surface area contributed by atoms with E-state index >= 15 is 0 Å². The summed E-state index contributed by atoms with van der Waals surface area (Å²) < 4.78 is 6.82. The van der Waals surface area contributed by atoms with Crippen LogP contribution < -0.4 is 15.7 Å². The number of hydrogen-bond acceptors (Lipinski definition) is 5. The topological polar surface area (TPSA) is 89.0 Å². The highest BCUT2D eigenvalue weighted by Crippen LogP contribution is 2.41. The fraction of sp³-hybridized carbons (Fsp3) is 0.348. The van der Waals surface area contributed by atoms with E-state index in [0.29, 0.717) is 17.6 Å². The Bertz CT molecular complexity index is 1060. The number of benzene rings is 2. The van der Waals surface area contributed by atoms with Crippen molar-refractivity contribution in [2.24, 2.45) is 5.92 Å². The number of aromatic amines is 1. The van der Waals surface area contributed by atoms with Gasteiger partial charge >= 0.3 is 5.69 Å². The third kappa shape index (κ3) is 5.58. The Morgan fingerprint density at radius 3 is 2.65 bits per heavy atom. The summed E-state index contributed by atoms with van der Waals surface area (Å²) in [6.45, 7) is 0.514. The zero-order chi connectivity index (χ0) is 21.6. The van der Waals surface area contributed by atoms with Gasteiger partial charge in [-0.15, -0.1) is 5.10 Å². The van der Waals surface area contributed by atoms with Gasteiger partial charge in [-0.25, -0.2) is 9.89 Å². The Balaban J connectivity index is 1.35. The van der Waals surface area contributed by atoms with Gasteiger partial charge in [0.15, 0.2) is 5.16 Å². The van der Waals surface area contributed by atoms with Crippen LogP contribution in [0.4, 0.5) is 0 Å². The number of aryl methyl sites for hydroxylation is 1. The Labute approximate surface area is 185 Å². The van der Waals surface area contributed by atoms with Crippen molar-refractivity contribution in [1.29, 1.82) is 0 Å². The second kappa shape index (κ2) is 9.87. The molecule has 0 bridgehead atoms. The number of ether oxygens (including phenoxy) is 1. The standard InChI is InChI=1S/C23H26N4O3S/c1-30-19-11-9-18(10-12-19)21(17-7-8-17)24-20(28)15-31-23-26-25-22(29)27(23)14-13-16-5-3-2-4-6-16/h2-6,9-12,17,21H,7-8,13-15H2,1H3,(H,24,28)(H,25,29). The van der Waals surface area contributed by atoms with Crippen molar-refractivity contribution < 1.29 is 9.53 Å². The summed E-state index contributed by atoms with van der Waals surface area (Å²) in [6.07, 6.45) is 2.95. The van der Waals surface area contributed by atoms with Crippen LogP contribution in [-0.4, -0.2) is 33.5 Å². The first-order valence-corrected chi connectivity index (χ1v) is 11.4. The van der Waals surface area contributed by atoms with Gasteiger partial charge in [-0.2, -0.15) is 0 Å². The van der Waals surface area contributed by atoms with Crippen LogP contribution in [0, 0.1) is 5.92 Å². The minimum atomic E-state index is -0.257. The van der Waals surface area contributed by atoms with E-state index in [1.165, 1.54) is 11.8 Å². The SMILES string of the molecule is COc1ccc(C(NC(=O)CSc2n[nH]c(=O)n2CCc2ccccc2)C2CC2)cc1. The van der Waals surface area contributed by atoms with Crippen LogP contribution in [0.3, 0.4) is 0 Å². The molecule has 8 heteroatoms. The van der Waals surface area contributed by atoms with Crippen LogP contribution in [0.5, 0.6) is 5.75 Å². The Morgan fingerprint density at radius 2 is 1.97 bits per heavy atom. The smallest absolute Gasteiger partial charge is 0.343 e. The Hall–Kier alpha value is -3.00. The number of carbonyl (C=O) groups excluding carboxylic acids is 1. The summed E-state index contributed by atoms with van der Waals surface area (Å²) in [4.78, 5) is 24.8. The molecule has 0 saturated heterocycles. The fourth-order valence-corrected chi connectivity index (χ4v) is 4.34. The first-order valence-electron chi connectivity index (χ1n) is 10.4. The van der Waals surface area contributed by atoms with E-state index in [1.54, 1.807) is 11.7 Å². The van der Waals surface area contributed by atoms with Gasteiger partial charge in [-0.3, -0.25) is 9.36 Å². The maximum Gasteiger partial charge on any atom is 0.343 e. The summed E-state index contributed by atoms with van der Waals surface area (Å²) >= 11 is 1.28. The first-order chi connectivity index (χ1) is 15.1. The Kier molecular flexibility index (Phi) is 6.76. The zero-order valence-electron chi connectivity index (χ0n) is 17.4. The number of H-pyrrole nitrogens is 1. The molecule has 1 amide bonds. The van der Waals surface area contributed by atoms with E-state index < -0.39 is 0 Å². The number of methoxy groups -OCH3 is 1. The highest BCUT2D eigenvalue weighted by atomic mass is 32.2. The molecule has 162 valence electrons. The third-order valence-corrected chi connectivity index (χ3v) is 6.38. The van der Waals surface area contributed by atoms with Crippen LogP contribution in [0.1, 0.15) is 30.0 Å². The van der Waals surface area contributed by atoms with Gasteiger partial charge < -0.3 is 10.1 Å². The van der Waals surface area contributed by atoms with Gasteiger partial charge in [0, 0.05) is 6.54 Å². The van der Waals surface area contributed by atoms with Gasteiger partial charge in [0.05, 0.1) is 18.9 Å². The normalized spacial score (nSPS) is 14.2. The van der Waals surface area contributed by atoms with Crippen molar-refractivity contribution in [3.05, 3.63) is 76.2 Å². The summed E-state index contributed by atoms with van der Waals surface area (Å²) in [5.74, 6) is 1.40. The van der Waals surface area contributed by atoms with Gasteiger partial charge in [0.1, 0.15) is 5.75 Å². The van der Waals surface area contributed by atoms with Crippen LogP contribution in [0.15, 0.2) is 64.5 Å². The van der Waals surface area contributed by atoms with Crippen molar-refractivity contribution in [3.63, 3.8) is 0 Å². The molecule has 0 spiro atoms. The molecule has 1 aromatic heterocycles. The highest BCUT2D eigenvalue weighted by Gasteiger charge is 2.33. The molecule has 1 fully saturated rings. The lowest BCUT2D eigenvalue weighted by molar-refractivity contribution is -0.119. The summed E-state index contributed by atoms with van der Waals surface area (Å²) in [5.41, 5.74) is 1.98. The largest absolute Gasteiger partial charge is 0.497 e. The van der Waals surface area contributed by atoms with E-state index in [0.717, 1.165) is 36.1 Å². The molecule has 0 radical (unpaired) electrons. The van der Waals surface area contributed by atoms with Gasteiger partial charge in [-0.1, -0.05) is 54.2 Å². The van der Waals surface area contributed by atoms with E-state index in [9.17, 15) is 9.59 Å². The number of aromatic nitrogens is 3. The lowest BCUT2D eigenvalue weighted by Gasteiger charge is -2.19. The van der Waals surface area contributed by atoms with Crippen LogP contribution in [-0.2, 0) is 17.8 Å². The molecule has 2 aromatic carbocycles. The molecule has 3 aromatic rings. The maximum absolute atomic E-state index is 12.7. The van der Waals surface area contributed by atoms with E-state index in [2.05, 4.69) is 15.5 Å². The second-order valence-corrected chi connectivity index (χ2v) is 8.59. The van der Waals surface area contributed by atoms with Crippen molar-refractivity contribution in [2.45, 2.75) is 37.0 Å². The number of amides is 1. The van der Waals surface area contributed by atoms with Crippen LogP contribution in [0.25, 0.3) is 0 Å². The molecule has 1 unspecified atom stereocenters. The predicted molar refractivity (Wildman–Crippen MR) is 120 cm³/mol. The number of nitrogens with zero attached hydrogens (tertiary/aromatic N) is 2. The predicted octanol–water partition coefficient (Wildman–Crippen LogP) is 3.18. The molecule has 1 atom stereocenters. The molecule has 1 aliphatic rings. The molecule has 2 N–H and O–H groups in total. The summed E-state index contributed by atoms with van der Waals surface area (Å²) in [7, 11) is 1.64. The third-order valence-electron chi connectivity index (χ3n) is 5.41. The average Bonchev–Trinajstić information content (AvgIpc) is 3.59. The fourth-order valence-electron chi connectivity index (χ4n) is 3.56. The lowest BCUT2D eigenvalue weighted by Crippen LogP contribution is -2.31. The molecule has 4 rings (SSSR count). The lowest BCUT2D eigenvalue weighted by atomic mass is 10.0. The number of nitrogens with one attached hydrogen (secondary N) is 2. The molecular formula is C23H26N4O3S. The highest BCUT2D eigenvalue weighted by molar-refractivity contribution is 7.99. The number of carbonyl (C=O) groups is 1. The monoisotopic (exact) mass is 438 g/mol. The van der Waals surface area contributed by atoms with Crippen molar-refractivity contribution >= 4 is 17.7 Å². The average molecular weight is 439 g/mol. The second-order valence-electron chi connectivity index (χ2n) is 7.64. The molecular weight excluding hydrogens is 412 g/mol. The molecule has 0 aliphatic heterocycles. The zero-order valence-corrected chi connectivity index (χ0v) is 18.2. The molecule has 1 saturated carbocycles. The maximum atomic E-state index is 12.7. The van der Waals surface area contributed by atoms with Gasteiger partial charge in [0.2, 0.25) is 5.91 Å².